The summed E-state index contributed by atoms with van der Waals surface area (Å²) in [6.07, 6.45) is 0. The van der Waals surface area contributed by atoms with Crippen LogP contribution in [0.4, 0.5) is 11.4 Å². The van der Waals surface area contributed by atoms with Gasteiger partial charge in [-0.15, -0.1) is 0 Å². The summed E-state index contributed by atoms with van der Waals surface area (Å²) in [6.45, 7) is 3.83. The normalized spacial score (nSPS) is 13.4. The number of imide groups is 1. The fourth-order valence-electron chi connectivity index (χ4n) is 3.42. The summed E-state index contributed by atoms with van der Waals surface area (Å²) >= 11 is 7.29. The smallest absolute Gasteiger partial charge is 0.340 e. The third-order valence-electron chi connectivity index (χ3n) is 5.02. The molecule has 1 aliphatic rings. The lowest BCUT2D eigenvalue weighted by Crippen LogP contribution is -2.33. The van der Waals surface area contributed by atoms with Gasteiger partial charge in [0.15, 0.2) is 0 Å². The van der Waals surface area contributed by atoms with Crippen molar-refractivity contribution in [3.63, 3.8) is 0 Å². The molecule has 0 atom stereocenters. The van der Waals surface area contributed by atoms with E-state index in [4.69, 9.17) is 16.3 Å². The fourth-order valence-corrected chi connectivity index (χ4v) is 4.54. The molecule has 0 saturated heterocycles. The second-order valence-corrected chi connectivity index (χ2v) is 8.96. The minimum Gasteiger partial charge on any atom is -0.462 e. The number of ether oxygens (including phenoxy) is 1. The Bertz CT molecular complexity index is 1300. The maximum atomic E-state index is 13.6. The first-order chi connectivity index (χ1) is 16.4. The van der Waals surface area contributed by atoms with Crippen LogP contribution < -0.4 is 10.2 Å². The highest BCUT2D eigenvalue weighted by molar-refractivity contribution is 8.04. The van der Waals surface area contributed by atoms with Crippen molar-refractivity contribution in [1.29, 1.82) is 0 Å². The van der Waals surface area contributed by atoms with E-state index in [1.54, 1.807) is 49.4 Å². The van der Waals surface area contributed by atoms with Crippen molar-refractivity contribution in [3.8, 4) is 0 Å². The average Bonchev–Trinajstić information content (AvgIpc) is 3.04. The Hall–Kier alpha value is -3.55. The molecule has 0 spiro atoms. The van der Waals surface area contributed by atoms with E-state index in [0.717, 1.165) is 15.4 Å². The number of aryl methyl sites for hydroxylation is 1. The molecule has 0 bridgehead atoms. The summed E-state index contributed by atoms with van der Waals surface area (Å²) in [5.74, 6) is -1.71. The molecule has 0 radical (unpaired) electrons. The molecule has 34 heavy (non-hydrogen) atoms. The monoisotopic (exact) mass is 492 g/mol. The standard InChI is InChI=1S/C26H21ClN2O4S/c1-3-33-26(32)20-9-4-5-10-21(20)29-24(30)22(28-18-8-6-7-17(27)15-18)23(25(29)31)34-19-13-11-16(2)12-14-19/h4-15,28H,3H2,1-2H3. The van der Waals surface area contributed by atoms with Gasteiger partial charge >= 0.3 is 5.97 Å². The van der Waals surface area contributed by atoms with Crippen molar-refractivity contribution in [2.45, 2.75) is 18.7 Å². The molecule has 4 rings (SSSR count). The summed E-state index contributed by atoms with van der Waals surface area (Å²) < 4.78 is 5.13. The molecule has 0 aliphatic carbocycles. The minimum absolute atomic E-state index is 0.108. The van der Waals surface area contributed by atoms with E-state index in [9.17, 15) is 14.4 Å². The number of hydrogen-bond donors (Lipinski definition) is 1. The van der Waals surface area contributed by atoms with Gasteiger partial charge in [0.1, 0.15) is 10.6 Å². The van der Waals surface area contributed by atoms with Crippen LogP contribution in [0.25, 0.3) is 0 Å². The second-order valence-electron chi connectivity index (χ2n) is 7.44. The van der Waals surface area contributed by atoms with Gasteiger partial charge in [-0.3, -0.25) is 9.59 Å². The molecule has 3 aromatic carbocycles. The quantitative estimate of drug-likeness (QED) is 0.331. The van der Waals surface area contributed by atoms with Gasteiger partial charge in [-0.25, -0.2) is 9.69 Å². The number of carbonyl (C=O) groups excluding carboxylic acids is 3. The van der Waals surface area contributed by atoms with Crippen molar-refractivity contribution in [2.75, 3.05) is 16.8 Å². The van der Waals surface area contributed by atoms with Crippen molar-refractivity contribution in [1.82, 2.24) is 0 Å². The fraction of sp³-hybridized carbons (Fsp3) is 0.115. The van der Waals surface area contributed by atoms with Crippen LogP contribution in [0.2, 0.25) is 5.02 Å². The van der Waals surface area contributed by atoms with Crippen LogP contribution in [0.5, 0.6) is 0 Å². The first-order valence-electron chi connectivity index (χ1n) is 10.6. The number of carbonyl (C=O) groups is 3. The molecular weight excluding hydrogens is 472 g/mol. The highest BCUT2D eigenvalue weighted by Crippen LogP contribution is 2.39. The van der Waals surface area contributed by atoms with Gasteiger partial charge in [-0.1, -0.05) is 59.3 Å². The highest BCUT2D eigenvalue weighted by atomic mass is 35.5. The highest BCUT2D eigenvalue weighted by Gasteiger charge is 2.41. The van der Waals surface area contributed by atoms with E-state index >= 15 is 0 Å². The van der Waals surface area contributed by atoms with Gasteiger partial charge in [0.25, 0.3) is 11.8 Å². The van der Waals surface area contributed by atoms with E-state index in [1.807, 2.05) is 31.2 Å². The molecule has 2 amide bonds. The third kappa shape index (κ3) is 4.85. The van der Waals surface area contributed by atoms with E-state index in [0.29, 0.717) is 10.7 Å². The number of thioether (sulfide) groups is 1. The Morgan fingerprint density at radius 3 is 2.44 bits per heavy atom. The summed E-state index contributed by atoms with van der Waals surface area (Å²) in [5, 5.41) is 3.55. The van der Waals surface area contributed by atoms with Crippen LogP contribution >= 0.6 is 23.4 Å². The minimum atomic E-state index is -0.609. The van der Waals surface area contributed by atoms with Crippen LogP contribution in [0.3, 0.4) is 0 Å². The van der Waals surface area contributed by atoms with E-state index in [1.165, 1.54) is 17.8 Å². The molecule has 1 heterocycles. The molecule has 0 aromatic heterocycles. The predicted octanol–water partition coefficient (Wildman–Crippen LogP) is 5.81. The number of anilines is 2. The maximum Gasteiger partial charge on any atom is 0.340 e. The molecular formula is C26H21ClN2O4S. The lowest BCUT2D eigenvalue weighted by Gasteiger charge is -2.18. The lowest BCUT2D eigenvalue weighted by atomic mass is 10.1. The first-order valence-corrected chi connectivity index (χ1v) is 11.7. The first kappa shape index (κ1) is 23.6. The van der Waals surface area contributed by atoms with Gasteiger partial charge in [-0.05, 0) is 56.3 Å². The largest absolute Gasteiger partial charge is 0.462 e. The Kier molecular flexibility index (Phi) is 7.05. The van der Waals surface area contributed by atoms with E-state index < -0.39 is 17.8 Å². The molecule has 0 unspecified atom stereocenters. The Morgan fingerprint density at radius 1 is 1.00 bits per heavy atom. The molecule has 172 valence electrons. The molecule has 1 aliphatic heterocycles. The number of halogens is 1. The molecule has 0 saturated carbocycles. The summed E-state index contributed by atoms with van der Waals surface area (Å²) in [7, 11) is 0. The number of amides is 2. The summed E-state index contributed by atoms with van der Waals surface area (Å²) in [4.78, 5) is 41.7. The Labute approximate surface area is 206 Å². The topological polar surface area (TPSA) is 75.7 Å². The van der Waals surface area contributed by atoms with Crippen molar-refractivity contribution < 1.29 is 19.1 Å². The van der Waals surface area contributed by atoms with Crippen LogP contribution in [-0.2, 0) is 14.3 Å². The van der Waals surface area contributed by atoms with Crippen LogP contribution in [0, 0.1) is 6.92 Å². The van der Waals surface area contributed by atoms with Gasteiger partial charge < -0.3 is 10.1 Å². The Balaban J connectivity index is 1.77. The molecule has 8 heteroatoms. The van der Waals surface area contributed by atoms with Gasteiger partial charge in [0.05, 0.1) is 17.9 Å². The number of para-hydroxylation sites is 1. The number of hydrogen-bond acceptors (Lipinski definition) is 6. The van der Waals surface area contributed by atoms with Crippen molar-refractivity contribution >= 4 is 52.5 Å². The number of esters is 1. The number of nitrogens with zero attached hydrogens (tertiary/aromatic N) is 1. The van der Waals surface area contributed by atoms with Crippen LogP contribution in [-0.4, -0.2) is 24.4 Å². The Morgan fingerprint density at radius 2 is 1.74 bits per heavy atom. The van der Waals surface area contributed by atoms with E-state index in [2.05, 4.69) is 5.32 Å². The summed E-state index contributed by atoms with van der Waals surface area (Å²) in [6, 6.07) is 20.9. The third-order valence-corrected chi connectivity index (χ3v) is 6.34. The zero-order valence-corrected chi connectivity index (χ0v) is 20.1. The molecule has 3 aromatic rings. The van der Waals surface area contributed by atoms with Crippen molar-refractivity contribution in [3.05, 3.63) is 99.5 Å². The predicted molar refractivity (Wildman–Crippen MR) is 134 cm³/mol. The number of rotatable bonds is 7. The maximum absolute atomic E-state index is 13.6. The zero-order valence-electron chi connectivity index (χ0n) is 18.5. The SMILES string of the molecule is CCOC(=O)c1ccccc1N1C(=O)C(Nc2cccc(Cl)c2)=C(Sc2ccc(C)cc2)C1=O. The number of nitrogens with one attached hydrogen (secondary N) is 1. The molecule has 6 nitrogen and oxygen atoms in total. The average molecular weight is 493 g/mol. The molecule has 1 N–H and O–H groups in total. The van der Waals surface area contributed by atoms with Crippen LogP contribution in [0.1, 0.15) is 22.8 Å². The summed E-state index contributed by atoms with van der Waals surface area (Å²) in [5.41, 5.74) is 2.05. The van der Waals surface area contributed by atoms with E-state index in [-0.39, 0.29) is 28.5 Å². The van der Waals surface area contributed by atoms with Gasteiger partial charge in [-0.2, -0.15) is 0 Å². The van der Waals surface area contributed by atoms with Crippen LogP contribution in [0.15, 0.2) is 88.3 Å². The zero-order chi connectivity index (χ0) is 24.2. The second kappa shape index (κ2) is 10.2. The van der Waals surface area contributed by atoms with Crippen molar-refractivity contribution in [2.24, 2.45) is 0 Å². The molecule has 0 fully saturated rings. The lowest BCUT2D eigenvalue weighted by molar-refractivity contribution is -0.120. The van der Waals surface area contributed by atoms with Gasteiger partial charge in [0.2, 0.25) is 0 Å². The number of benzene rings is 3. The van der Waals surface area contributed by atoms with Gasteiger partial charge in [0, 0.05) is 15.6 Å².